The van der Waals surface area contributed by atoms with E-state index >= 15 is 0 Å². The normalized spacial score (nSPS) is 45.7. The summed E-state index contributed by atoms with van der Waals surface area (Å²) in [5, 5.41) is 22.5. The average molecular weight is 409 g/mol. The third-order valence-electron chi connectivity index (χ3n) is 9.70. The number of hydrogen-bond donors (Lipinski definition) is 2. The zero-order valence-electron chi connectivity index (χ0n) is 19.2. The molecule has 0 unspecified atom stereocenters. The third kappa shape index (κ3) is 2.65. The second kappa shape index (κ2) is 6.04. The van der Waals surface area contributed by atoms with Crippen LogP contribution >= 0.6 is 0 Å². The first-order chi connectivity index (χ1) is 13.8. The minimum absolute atomic E-state index is 0.192. The van der Waals surface area contributed by atoms with Crippen LogP contribution in [0.3, 0.4) is 0 Å². The molecule has 6 saturated carbocycles. The van der Waals surface area contributed by atoms with Crippen LogP contribution in [-0.4, -0.2) is 32.8 Å². The molecule has 0 saturated heterocycles. The summed E-state index contributed by atoms with van der Waals surface area (Å²) in [7, 11) is 0. The largest absolute Gasteiger partial charge is 0.384 e. The number of fused-ring (bicyclic) bond motifs is 4. The SMILES string of the molecule is CC1(C)[C@@H]2CC(=Nc3cccc(N=C4C[C@@H]5C[C@@H](C5(C)C)[C@]4(C)O)c3)[C@@](C)(O)[C@H]1C2. The summed E-state index contributed by atoms with van der Waals surface area (Å²) in [4.78, 5) is 9.78. The maximum atomic E-state index is 11.2. The van der Waals surface area contributed by atoms with E-state index < -0.39 is 11.2 Å². The molecule has 6 atom stereocenters. The van der Waals surface area contributed by atoms with Gasteiger partial charge in [-0.1, -0.05) is 33.8 Å². The van der Waals surface area contributed by atoms with E-state index in [9.17, 15) is 10.2 Å². The molecule has 0 amide bonds. The van der Waals surface area contributed by atoms with Crippen molar-refractivity contribution in [3.63, 3.8) is 0 Å². The fraction of sp³-hybridized carbons (Fsp3) is 0.692. The molecule has 30 heavy (non-hydrogen) atoms. The standard InChI is InChI=1S/C26H36N2O2/c1-23(2)15-10-19(23)25(5,29)21(12-15)27-17-8-7-9-18(14-17)28-22-13-16-11-20(24(16,3)4)26(22,6)30/h7-9,14-16,19-20,29-30H,10-13H2,1-6H3/t15-,16-,19-,20-,25-,26-/m0/s1. The van der Waals surface area contributed by atoms with Crippen molar-refractivity contribution in [2.45, 2.75) is 78.4 Å². The van der Waals surface area contributed by atoms with Crippen LogP contribution in [0.5, 0.6) is 0 Å². The molecule has 0 heterocycles. The van der Waals surface area contributed by atoms with Crippen molar-refractivity contribution < 1.29 is 10.2 Å². The number of aliphatic hydroxyl groups is 2. The maximum Gasteiger partial charge on any atom is 0.103 e. The summed E-state index contributed by atoms with van der Waals surface area (Å²) in [6.07, 6.45) is 3.92. The van der Waals surface area contributed by atoms with E-state index in [0.717, 1.165) is 48.5 Å². The van der Waals surface area contributed by atoms with Gasteiger partial charge in [-0.05, 0) is 92.2 Å². The highest BCUT2D eigenvalue weighted by molar-refractivity contribution is 5.97. The second-order valence-electron chi connectivity index (χ2n) is 12.0. The Bertz CT molecular complexity index is 880. The van der Waals surface area contributed by atoms with Gasteiger partial charge in [-0.15, -0.1) is 0 Å². The summed E-state index contributed by atoms with van der Waals surface area (Å²) in [6.45, 7) is 13.0. The fourth-order valence-corrected chi connectivity index (χ4v) is 7.18. The minimum atomic E-state index is -0.847. The van der Waals surface area contributed by atoms with Crippen LogP contribution in [0.1, 0.15) is 67.2 Å². The zero-order chi connectivity index (χ0) is 21.7. The Balaban J connectivity index is 1.42. The molecule has 0 aromatic heterocycles. The number of aliphatic imine (C=N–C) groups is 2. The smallest absolute Gasteiger partial charge is 0.103 e. The van der Waals surface area contributed by atoms with Gasteiger partial charge in [0.05, 0.1) is 22.8 Å². The summed E-state index contributed by atoms with van der Waals surface area (Å²) >= 11 is 0. The van der Waals surface area contributed by atoms with Gasteiger partial charge >= 0.3 is 0 Å². The molecule has 1 aromatic carbocycles. The van der Waals surface area contributed by atoms with Crippen LogP contribution in [0, 0.1) is 34.5 Å². The lowest BCUT2D eigenvalue weighted by Gasteiger charge is -2.62. The molecule has 7 rings (SSSR count). The Morgan fingerprint density at radius 1 is 0.733 bits per heavy atom. The third-order valence-corrected chi connectivity index (χ3v) is 9.70. The molecule has 4 bridgehead atoms. The van der Waals surface area contributed by atoms with E-state index in [1.165, 1.54) is 0 Å². The van der Waals surface area contributed by atoms with Crippen molar-refractivity contribution in [1.29, 1.82) is 0 Å². The number of hydrogen-bond acceptors (Lipinski definition) is 4. The van der Waals surface area contributed by atoms with Gasteiger partial charge in [0.1, 0.15) is 11.2 Å². The molecule has 6 aliphatic carbocycles. The quantitative estimate of drug-likeness (QED) is 0.682. The topological polar surface area (TPSA) is 65.2 Å². The number of nitrogens with zero attached hydrogens (tertiary/aromatic N) is 2. The lowest BCUT2D eigenvalue weighted by Crippen LogP contribution is -2.64. The Morgan fingerprint density at radius 2 is 1.13 bits per heavy atom. The highest BCUT2D eigenvalue weighted by Gasteiger charge is 2.62. The van der Waals surface area contributed by atoms with E-state index in [-0.39, 0.29) is 22.7 Å². The minimum Gasteiger partial charge on any atom is -0.384 e. The van der Waals surface area contributed by atoms with Crippen molar-refractivity contribution in [2.24, 2.45) is 44.5 Å². The molecule has 4 nitrogen and oxygen atoms in total. The molecule has 4 heteroatoms. The summed E-state index contributed by atoms with van der Waals surface area (Å²) in [5.41, 5.74) is 2.18. The molecular formula is C26H36N2O2. The molecular weight excluding hydrogens is 372 g/mol. The Morgan fingerprint density at radius 3 is 1.47 bits per heavy atom. The van der Waals surface area contributed by atoms with Gasteiger partial charge in [0, 0.05) is 0 Å². The highest BCUT2D eigenvalue weighted by Crippen LogP contribution is 2.63. The van der Waals surface area contributed by atoms with Crippen LogP contribution in [0.2, 0.25) is 0 Å². The first-order valence-corrected chi connectivity index (χ1v) is 11.6. The van der Waals surface area contributed by atoms with E-state index in [1.807, 2.05) is 38.1 Å². The zero-order valence-corrected chi connectivity index (χ0v) is 19.2. The lowest BCUT2D eigenvalue weighted by atomic mass is 9.44. The number of rotatable bonds is 2. The van der Waals surface area contributed by atoms with Crippen molar-refractivity contribution in [1.82, 2.24) is 0 Å². The first kappa shape index (κ1) is 20.4. The molecule has 162 valence electrons. The van der Waals surface area contributed by atoms with Gasteiger partial charge in [-0.2, -0.15) is 0 Å². The van der Waals surface area contributed by atoms with Gasteiger partial charge in [-0.3, -0.25) is 9.98 Å². The van der Waals surface area contributed by atoms with E-state index in [2.05, 4.69) is 27.7 Å². The molecule has 6 aliphatic rings. The van der Waals surface area contributed by atoms with Gasteiger partial charge in [0.15, 0.2) is 0 Å². The Hall–Kier alpha value is -1.52. The van der Waals surface area contributed by atoms with E-state index in [0.29, 0.717) is 11.8 Å². The van der Waals surface area contributed by atoms with Gasteiger partial charge < -0.3 is 10.2 Å². The van der Waals surface area contributed by atoms with Crippen molar-refractivity contribution in [3.05, 3.63) is 24.3 Å². The predicted molar refractivity (Wildman–Crippen MR) is 122 cm³/mol. The van der Waals surface area contributed by atoms with Crippen molar-refractivity contribution in [2.75, 3.05) is 0 Å². The van der Waals surface area contributed by atoms with E-state index in [1.54, 1.807) is 0 Å². The van der Waals surface area contributed by atoms with Gasteiger partial charge in [-0.25, -0.2) is 0 Å². The summed E-state index contributed by atoms with van der Waals surface area (Å²) < 4.78 is 0. The molecule has 1 aromatic rings. The van der Waals surface area contributed by atoms with Gasteiger partial charge in [0.2, 0.25) is 0 Å². The predicted octanol–water partition coefficient (Wildman–Crippen LogP) is 5.47. The van der Waals surface area contributed by atoms with E-state index in [4.69, 9.17) is 9.98 Å². The Kier molecular flexibility index (Phi) is 4.10. The average Bonchev–Trinajstić information content (AvgIpc) is 2.63. The molecule has 0 radical (unpaired) electrons. The highest BCUT2D eigenvalue weighted by atomic mass is 16.3. The van der Waals surface area contributed by atoms with Crippen molar-refractivity contribution in [3.8, 4) is 0 Å². The second-order valence-corrected chi connectivity index (χ2v) is 12.0. The number of benzene rings is 1. The van der Waals surface area contributed by atoms with Crippen LogP contribution in [0.15, 0.2) is 34.3 Å². The summed E-state index contributed by atoms with van der Waals surface area (Å²) in [6, 6.07) is 7.93. The van der Waals surface area contributed by atoms with Crippen LogP contribution < -0.4 is 0 Å². The molecule has 6 fully saturated rings. The van der Waals surface area contributed by atoms with Crippen LogP contribution in [0.4, 0.5) is 11.4 Å². The van der Waals surface area contributed by atoms with Crippen LogP contribution in [-0.2, 0) is 0 Å². The first-order valence-electron chi connectivity index (χ1n) is 11.6. The monoisotopic (exact) mass is 408 g/mol. The lowest BCUT2D eigenvalue weighted by molar-refractivity contribution is -0.134. The maximum absolute atomic E-state index is 11.2. The summed E-state index contributed by atoms with van der Waals surface area (Å²) in [5.74, 6) is 1.77. The molecule has 0 aliphatic heterocycles. The fourth-order valence-electron chi connectivity index (χ4n) is 7.18. The molecule has 2 N–H and O–H groups in total. The Labute approximate surface area is 180 Å². The van der Waals surface area contributed by atoms with Crippen LogP contribution in [0.25, 0.3) is 0 Å². The van der Waals surface area contributed by atoms with Crippen molar-refractivity contribution >= 4 is 22.8 Å². The van der Waals surface area contributed by atoms with Gasteiger partial charge in [0.25, 0.3) is 0 Å². The molecule has 0 spiro atoms.